The summed E-state index contributed by atoms with van der Waals surface area (Å²) >= 11 is 0. The number of anilines is 1. The Bertz CT molecular complexity index is 680. The molecule has 0 amide bonds. The number of rotatable bonds is 6. The molecule has 108 valence electrons. The molecule has 0 aliphatic heterocycles. The van der Waals surface area contributed by atoms with E-state index in [4.69, 9.17) is 4.74 Å². The van der Waals surface area contributed by atoms with E-state index in [1.807, 2.05) is 12.1 Å². The summed E-state index contributed by atoms with van der Waals surface area (Å²) in [6.07, 6.45) is 1.94. The number of aromatic amines is 1. The summed E-state index contributed by atoms with van der Waals surface area (Å²) in [6, 6.07) is 7.26. The van der Waals surface area contributed by atoms with Crippen LogP contribution in [0.3, 0.4) is 0 Å². The zero-order valence-corrected chi connectivity index (χ0v) is 12.2. The first-order valence-corrected chi connectivity index (χ1v) is 7.62. The molecule has 7 heteroatoms. The highest BCUT2D eigenvalue weighted by Gasteiger charge is 2.19. The van der Waals surface area contributed by atoms with E-state index in [2.05, 4.69) is 14.9 Å². The van der Waals surface area contributed by atoms with E-state index in [9.17, 15) is 8.42 Å². The summed E-state index contributed by atoms with van der Waals surface area (Å²) in [6.45, 7) is 2.20. The number of methoxy groups -OCH3 is 1. The molecule has 0 atom stereocenters. The molecule has 6 nitrogen and oxygen atoms in total. The van der Waals surface area contributed by atoms with Crippen molar-refractivity contribution in [1.29, 1.82) is 0 Å². The van der Waals surface area contributed by atoms with Crippen LogP contribution in [0, 0.1) is 6.92 Å². The first-order chi connectivity index (χ1) is 9.54. The Kier molecular flexibility index (Phi) is 4.41. The Morgan fingerprint density at radius 3 is 2.75 bits per heavy atom. The average molecular weight is 295 g/mol. The van der Waals surface area contributed by atoms with E-state index in [1.165, 1.54) is 6.20 Å². The van der Waals surface area contributed by atoms with E-state index >= 15 is 0 Å². The second-order valence-corrected chi connectivity index (χ2v) is 6.02. The lowest BCUT2D eigenvalue weighted by Crippen LogP contribution is -2.15. The fourth-order valence-electron chi connectivity index (χ4n) is 1.86. The van der Waals surface area contributed by atoms with E-state index in [0.29, 0.717) is 24.4 Å². The zero-order valence-electron chi connectivity index (χ0n) is 11.4. The van der Waals surface area contributed by atoms with Crippen LogP contribution in [0.4, 0.5) is 5.69 Å². The number of H-pyrrole nitrogens is 1. The number of para-hydroxylation sites is 1. The topological polar surface area (TPSA) is 84.1 Å². The molecule has 0 radical (unpaired) electrons. The molecule has 20 heavy (non-hydrogen) atoms. The Balaban J connectivity index is 2.28. The number of benzene rings is 1. The van der Waals surface area contributed by atoms with Gasteiger partial charge in [-0.25, -0.2) is 8.42 Å². The highest BCUT2D eigenvalue weighted by atomic mass is 32.2. The first kappa shape index (κ1) is 14.5. The van der Waals surface area contributed by atoms with Crippen molar-refractivity contribution in [2.24, 2.45) is 0 Å². The SMILES string of the molecule is COCCc1ccccc1NS(=O)(=O)c1cn[nH]c1C. The van der Waals surface area contributed by atoms with Gasteiger partial charge in [0, 0.05) is 7.11 Å². The Labute approximate surface area is 118 Å². The predicted octanol–water partition coefficient (Wildman–Crippen LogP) is 1.71. The molecule has 1 aromatic carbocycles. The molecule has 0 aliphatic carbocycles. The molecule has 0 aliphatic rings. The third-order valence-corrected chi connectivity index (χ3v) is 4.39. The van der Waals surface area contributed by atoms with Gasteiger partial charge in [-0.2, -0.15) is 5.10 Å². The number of nitrogens with zero attached hydrogens (tertiary/aromatic N) is 1. The van der Waals surface area contributed by atoms with Crippen molar-refractivity contribution < 1.29 is 13.2 Å². The minimum absolute atomic E-state index is 0.152. The lowest BCUT2D eigenvalue weighted by molar-refractivity contribution is 0.202. The fraction of sp³-hybridized carbons (Fsp3) is 0.308. The zero-order chi connectivity index (χ0) is 14.6. The number of aromatic nitrogens is 2. The van der Waals surface area contributed by atoms with Gasteiger partial charge in [0.25, 0.3) is 10.0 Å². The number of hydrogen-bond acceptors (Lipinski definition) is 4. The monoisotopic (exact) mass is 295 g/mol. The third kappa shape index (κ3) is 3.17. The summed E-state index contributed by atoms with van der Waals surface area (Å²) < 4.78 is 32.2. The molecule has 1 heterocycles. The standard InChI is InChI=1S/C13H17N3O3S/c1-10-13(9-14-15-10)20(17,18)16-12-6-4-3-5-11(12)7-8-19-2/h3-6,9,16H,7-8H2,1-2H3,(H,14,15). The predicted molar refractivity (Wildman–Crippen MR) is 76.2 cm³/mol. The maximum Gasteiger partial charge on any atom is 0.265 e. The summed E-state index contributed by atoms with van der Waals surface area (Å²) in [5.74, 6) is 0. The van der Waals surface area contributed by atoms with E-state index < -0.39 is 10.0 Å². The summed E-state index contributed by atoms with van der Waals surface area (Å²) in [5, 5.41) is 6.36. The number of ether oxygens (including phenoxy) is 1. The number of aryl methyl sites for hydroxylation is 1. The second kappa shape index (κ2) is 6.06. The molecule has 2 N–H and O–H groups in total. The molecule has 2 aromatic rings. The molecular weight excluding hydrogens is 278 g/mol. The van der Waals surface area contributed by atoms with Gasteiger partial charge in [-0.1, -0.05) is 18.2 Å². The largest absolute Gasteiger partial charge is 0.384 e. The lowest BCUT2D eigenvalue weighted by atomic mass is 10.1. The van der Waals surface area contributed by atoms with Crippen molar-refractivity contribution in [3.05, 3.63) is 41.7 Å². The molecule has 1 aromatic heterocycles. The lowest BCUT2D eigenvalue weighted by Gasteiger charge is -2.12. The van der Waals surface area contributed by atoms with Crippen molar-refractivity contribution in [2.75, 3.05) is 18.4 Å². The van der Waals surface area contributed by atoms with Crippen molar-refractivity contribution >= 4 is 15.7 Å². The van der Waals surface area contributed by atoms with Crippen molar-refractivity contribution in [3.8, 4) is 0 Å². The van der Waals surface area contributed by atoms with Crippen LogP contribution in [0.2, 0.25) is 0 Å². The highest BCUT2D eigenvalue weighted by molar-refractivity contribution is 7.92. The van der Waals surface area contributed by atoms with Gasteiger partial charge in [-0.3, -0.25) is 9.82 Å². The molecule has 0 unspecified atom stereocenters. The molecule has 0 spiro atoms. The van der Waals surface area contributed by atoms with Crippen LogP contribution >= 0.6 is 0 Å². The molecule has 2 rings (SSSR count). The summed E-state index contributed by atoms with van der Waals surface area (Å²) in [5.41, 5.74) is 1.95. The number of hydrogen-bond donors (Lipinski definition) is 2. The van der Waals surface area contributed by atoms with Gasteiger partial charge in [0.05, 0.1) is 24.2 Å². The molecule has 0 bridgehead atoms. The maximum absolute atomic E-state index is 12.3. The van der Waals surface area contributed by atoms with Gasteiger partial charge in [0.15, 0.2) is 0 Å². The Hall–Kier alpha value is -1.86. The van der Waals surface area contributed by atoms with Crippen molar-refractivity contribution in [1.82, 2.24) is 10.2 Å². The van der Waals surface area contributed by atoms with Gasteiger partial charge in [0.1, 0.15) is 4.90 Å². The van der Waals surface area contributed by atoms with Crippen LogP contribution in [0.1, 0.15) is 11.3 Å². The Morgan fingerprint density at radius 2 is 2.10 bits per heavy atom. The summed E-state index contributed by atoms with van der Waals surface area (Å²) in [4.78, 5) is 0.152. The van der Waals surface area contributed by atoms with Crippen molar-refractivity contribution in [2.45, 2.75) is 18.2 Å². The molecular formula is C13H17N3O3S. The van der Waals surface area contributed by atoms with Crippen molar-refractivity contribution in [3.63, 3.8) is 0 Å². The average Bonchev–Trinajstić information content (AvgIpc) is 2.84. The second-order valence-electron chi connectivity index (χ2n) is 4.36. The van der Waals surface area contributed by atoms with E-state index in [-0.39, 0.29) is 4.90 Å². The number of nitrogens with one attached hydrogen (secondary N) is 2. The van der Waals surface area contributed by atoms with Gasteiger partial charge >= 0.3 is 0 Å². The maximum atomic E-state index is 12.3. The Morgan fingerprint density at radius 1 is 1.35 bits per heavy atom. The normalized spacial score (nSPS) is 11.5. The first-order valence-electron chi connectivity index (χ1n) is 6.14. The van der Waals surface area contributed by atoms with Gasteiger partial charge in [-0.05, 0) is 25.0 Å². The van der Waals surface area contributed by atoms with Gasteiger partial charge < -0.3 is 4.74 Å². The van der Waals surface area contributed by atoms with Crippen LogP contribution in [-0.2, 0) is 21.2 Å². The van der Waals surface area contributed by atoms with Crippen LogP contribution in [-0.4, -0.2) is 32.3 Å². The fourth-order valence-corrected chi connectivity index (χ4v) is 3.10. The van der Waals surface area contributed by atoms with Crippen LogP contribution in [0.25, 0.3) is 0 Å². The quantitative estimate of drug-likeness (QED) is 0.849. The smallest absolute Gasteiger partial charge is 0.265 e. The van der Waals surface area contributed by atoms with Crippen LogP contribution in [0.15, 0.2) is 35.4 Å². The minimum Gasteiger partial charge on any atom is -0.384 e. The number of sulfonamides is 1. The molecule has 0 fully saturated rings. The summed E-state index contributed by atoms with van der Waals surface area (Å²) in [7, 11) is -2.02. The third-order valence-electron chi connectivity index (χ3n) is 2.91. The molecule has 0 saturated heterocycles. The van der Waals surface area contributed by atoms with Crippen LogP contribution < -0.4 is 4.72 Å². The van der Waals surface area contributed by atoms with E-state index in [0.717, 1.165) is 5.56 Å². The molecule has 0 saturated carbocycles. The van der Waals surface area contributed by atoms with E-state index in [1.54, 1.807) is 26.2 Å². The van der Waals surface area contributed by atoms with Gasteiger partial charge in [0.2, 0.25) is 0 Å². The van der Waals surface area contributed by atoms with Gasteiger partial charge in [-0.15, -0.1) is 0 Å². The minimum atomic E-state index is -3.63. The highest BCUT2D eigenvalue weighted by Crippen LogP contribution is 2.21. The van der Waals surface area contributed by atoms with Crippen LogP contribution in [0.5, 0.6) is 0 Å².